The summed E-state index contributed by atoms with van der Waals surface area (Å²) in [6.45, 7) is 3.42. The minimum atomic E-state index is -0.857. The third kappa shape index (κ3) is 3.41. The van der Waals surface area contributed by atoms with Crippen LogP contribution in [-0.2, 0) is 4.79 Å². The zero-order valence-electron chi connectivity index (χ0n) is 9.11. The Kier molecular flexibility index (Phi) is 4.18. The second-order valence-electron chi connectivity index (χ2n) is 3.67. The molecule has 0 saturated heterocycles. The van der Waals surface area contributed by atoms with Crippen molar-refractivity contribution in [1.29, 1.82) is 0 Å². The van der Waals surface area contributed by atoms with E-state index in [1.54, 1.807) is 19.9 Å². The highest BCUT2D eigenvalue weighted by molar-refractivity contribution is 8.00. The highest BCUT2D eigenvalue weighted by atomic mass is 32.2. The van der Waals surface area contributed by atoms with Gasteiger partial charge in [-0.1, -0.05) is 13.8 Å². The minimum Gasteiger partial charge on any atom is -0.481 e. The summed E-state index contributed by atoms with van der Waals surface area (Å²) in [7, 11) is 0. The van der Waals surface area contributed by atoms with Gasteiger partial charge in [0, 0.05) is 15.8 Å². The van der Waals surface area contributed by atoms with Gasteiger partial charge in [-0.15, -0.1) is 11.8 Å². The number of nitrogen functional groups attached to an aromatic ring is 1. The minimum absolute atomic E-state index is 0.140. The summed E-state index contributed by atoms with van der Waals surface area (Å²) in [6, 6.07) is 4.22. The molecule has 5 heteroatoms. The Bertz CT molecular complexity index is 377. The van der Waals surface area contributed by atoms with Gasteiger partial charge in [0.15, 0.2) is 0 Å². The second kappa shape index (κ2) is 5.21. The van der Waals surface area contributed by atoms with Crippen molar-refractivity contribution >= 4 is 23.4 Å². The maximum atomic E-state index is 13.0. The lowest BCUT2D eigenvalue weighted by Gasteiger charge is -2.15. The van der Waals surface area contributed by atoms with E-state index in [-0.39, 0.29) is 5.25 Å². The molecule has 0 spiro atoms. The Hall–Kier alpha value is -1.23. The highest BCUT2D eigenvalue weighted by Crippen LogP contribution is 2.29. The number of aliphatic carboxylic acids is 1. The van der Waals surface area contributed by atoms with E-state index in [1.807, 2.05) is 0 Å². The summed E-state index contributed by atoms with van der Waals surface area (Å²) in [6.07, 6.45) is 0. The van der Waals surface area contributed by atoms with Gasteiger partial charge in [-0.25, -0.2) is 4.39 Å². The number of carboxylic acid groups (broad SMARTS) is 1. The average Bonchev–Trinajstić information content (AvgIpc) is 2.14. The Balaban J connectivity index is 2.76. The molecule has 0 radical (unpaired) electrons. The van der Waals surface area contributed by atoms with E-state index in [4.69, 9.17) is 10.8 Å². The molecular formula is C11H14FNO2S. The molecule has 3 N–H and O–H groups in total. The molecule has 88 valence electrons. The fourth-order valence-electron chi connectivity index (χ4n) is 1.17. The Labute approximate surface area is 97.8 Å². The van der Waals surface area contributed by atoms with Crippen LogP contribution in [0.25, 0.3) is 0 Å². The van der Waals surface area contributed by atoms with E-state index >= 15 is 0 Å². The topological polar surface area (TPSA) is 63.3 Å². The van der Waals surface area contributed by atoms with Crippen molar-refractivity contribution in [1.82, 2.24) is 0 Å². The Morgan fingerprint density at radius 2 is 2.06 bits per heavy atom. The van der Waals surface area contributed by atoms with E-state index in [0.29, 0.717) is 10.6 Å². The van der Waals surface area contributed by atoms with Crippen LogP contribution < -0.4 is 5.73 Å². The van der Waals surface area contributed by atoms with Gasteiger partial charge in [0.1, 0.15) is 5.82 Å². The van der Waals surface area contributed by atoms with Crippen LogP contribution in [0.1, 0.15) is 13.8 Å². The monoisotopic (exact) mass is 243 g/mol. The van der Waals surface area contributed by atoms with Crippen LogP contribution in [0.5, 0.6) is 0 Å². The molecule has 2 unspecified atom stereocenters. The van der Waals surface area contributed by atoms with Gasteiger partial charge in [-0.05, 0) is 18.2 Å². The summed E-state index contributed by atoms with van der Waals surface area (Å²) in [5, 5.41) is 8.69. The van der Waals surface area contributed by atoms with Crippen molar-refractivity contribution in [3.63, 3.8) is 0 Å². The second-order valence-corrected chi connectivity index (χ2v) is 5.12. The van der Waals surface area contributed by atoms with Crippen LogP contribution in [0.2, 0.25) is 0 Å². The number of benzene rings is 1. The molecule has 16 heavy (non-hydrogen) atoms. The van der Waals surface area contributed by atoms with Gasteiger partial charge in [-0.2, -0.15) is 0 Å². The molecule has 3 nitrogen and oxygen atoms in total. The molecule has 0 amide bonds. The molecule has 2 atom stereocenters. The highest BCUT2D eigenvalue weighted by Gasteiger charge is 2.20. The number of carbonyl (C=O) groups is 1. The number of hydrogen-bond donors (Lipinski definition) is 2. The molecule has 0 aliphatic carbocycles. The summed E-state index contributed by atoms with van der Waals surface area (Å²) >= 11 is 1.31. The fourth-order valence-corrected chi connectivity index (χ4v) is 2.30. The van der Waals surface area contributed by atoms with Crippen LogP contribution in [0.15, 0.2) is 23.1 Å². The Morgan fingerprint density at radius 3 is 2.56 bits per heavy atom. The lowest BCUT2D eigenvalue weighted by molar-refractivity contribution is -0.140. The zero-order valence-corrected chi connectivity index (χ0v) is 9.92. The first-order valence-corrected chi connectivity index (χ1v) is 5.73. The largest absolute Gasteiger partial charge is 0.481 e. The first kappa shape index (κ1) is 12.8. The van der Waals surface area contributed by atoms with E-state index in [2.05, 4.69) is 0 Å². The first-order valence-electron chi connectivity index (χ1n) is 4.85. The van der Waals surface area contributed by atoms with E-state index in [9.17, 15) is 9.18 Å². The van der Waals surface area contributed by atoms with E-state index in [1.165, 1.54) is 23.9 Å². The van der Waals surface area contributed by atoms with Gasteiger partial charge in [-0.3, -0.25) is 4.79 Å². The number of halogens is 1. The Morgan fingerprint density at radius 1 is 1.44 bits per heavy atom. The maximum Gasteiger partial charge on any atom is 0.307 e. The van der Waals surface area contributed by atoms with Crippen molar-refractivity contribution < 1.29 is 14.3 Å². The average molecular weight is 243 g/mol. The number of hydrogen-bond acceptors (Lipinski definition) is 3. The van der Waals surface area contributed by atoms with Crippen molar-refractivity contribution in [2.24, 2.45) is 5.92 Å². The molecule has 0 saturated carbocycles. The summed E-state index contributed by atoms with van der Waals surface area (Å²) in [4.78, 5) is 11.4. The molecule has 0 aliphatic heterocycles. The molecule has 1 rings (SSSR count). The normalized spacial score (nSPS) is 14.4. The van der Waals surface area contributed by atoms with Gasteiger partial charge in [0.05, 0.1) is 5.92 Å². The molecule has 1 aromatic rings. The number of anilines is 1. The number of thioether (sulfide) groups is 1. The number of nitrogens with two attached hydrogens (primary N) is 1. The predicted octanol–water partition coefficient (Wildman–Crippen LogP) is 2.61. The van der Waals surface area contributed by atoms with Gasteiger partial charge < -0.3 is 10.8 Å². The first-order chi connectivity index (χ1) is 7.40. The van der Waals surface area contributed by atoms with Crippen molar-refractivity contribution in [3.8, 4) is 0 Å². The fraction of sp³-hybridized carbons (Fsp3) is 0.364. The van der Waals surface area contributed by atoms with Crippen molar-refractivity contribution in [2.75, 3.05) is 5.73 Å². The van der Waals surface area contributed by atoms with Crippen LogP contribution in [0.4, 0.5) is 10.1 Å². The van der Waals surface area contributed by atoms with Crippen LogP contribution in [0.3, 0.4) is 0 Å². The SMILES string of the molecule is CC(Sc1cc(N)cc(F)c1)C(C)C(=O)O. The van der Waals surface area contributed by atoms with Crippen LogP contribution in [-0.4, -0.2) is 16.3 Å². The third-order valence-corrected chi connectivity index (χ3v) is 3.60. The molecule has 0 aliphatic rings. The van der Waals surface area contributed by atoms with Gasteiger partial charge in [0.25, 0.3) is 0 Å². The molecule has 0 bridgehead atoms. The number of carboxylic acids is 1. The number of rotatable bonds is 4. The van der Waals surface area contributed by atoms with E-state index in [0.717, 1.165) is 0 Å². The van der Waals surface area contributed by atoms with Gasteiger partial charge >= 0.3 is 5.97 Å². The standard InChI is InChI=1S/C11H14FNO2S/c1-6(11(14)15)7(2)16-10-4-8(12)3-9(13)5-10/h3-7H,13H2,1-2H3,(H,14,15). The van der Waals surface area contributed by atoms with Gasteiger partial charge in [0.2, 0.25) is 0 Å². The van der Waals surface area contributed by atoms with E-state index < -0.39 is 17.7 Å². The van der Waals surface area contributed by atoms with Crippen molar-refractivity contribution in [3.05, 3.63) is 24.0 Å². The van der Waals surface area contributed by atoms with Crippen molar-refractivity contribution in [2.45, 2.75) is 24.0 Å². The molecule has 1 aromatic carbocycles. The zero-order chi connectivity index (χ0) is 12.3. The van der Waals surface area contributed by atoms with Crippen LogP contribution >= 0.6 is 11.8 Å². The summed E-state index contributed by atoms with van der Waals surface area (Å²) in [5.41, 5.74) is 5.85. The smallest absolute Gasteiger partial charge is 0.307 e. The lowest BCUT2D eigenvalue weighted by Crippen LogP contribution is -2.19. The lowest BCUT2D eigenvalue weighted by atomic mass is 10.1. The quantitative estimate of drug-likeness (QED) is 0.630. The maximum absolute atomic E-state index is 13.0. The molecule has 0 aromatic heterocycles. The third-order valence-electron chi connectivity index (χ3n) is 2.31. The molecule has 0 fully saturated rings. The molecule has 0 heterocycles. The van der Waals surface area contributed by atoms with Crippen LogP contribution in [0, 0.1) is 11.7 Å². The summed E-state index contributed by atoms with van der Waals surface area (Å²) < 4.78 is 13.0. The predicted molar refractivity (Wildman–Crippen MR) is 62.9 cm³/mol. The molecular weight excluding hydrogens is 229 g/mol. The summed E-state index contributed by atoms with van der Waals surface area (Å²) in [5.74, 6) is -1.75.